The lowest BCUT2D eigenvalue weighted by molar-refractivity contribution is -0.232. The van der Waals surface area contributed by atoms with E-state index in [4.69, 9.17) is 14.6 Å². The van der Waals surface area contributed by atoms with Gasteiger partial charge < -0.3 is 14.6 Å². The van der Waals surface area contributed by atoms with Crippen molar-refractivity contribution >= 4 is 5.97 Å². The van der Waals surface area contributed by atoms with Gasteiger partial charge in [0.25, 0.3) is 0 Å². The molecule has 1 N–H and O–H groups in total. The third-order valence-corrected chi connectivity index (χ3v) is 5.32. The van der Waals surface area contributed by atoms with Gasteiger partial charge >= 0.3 is 5.97 Å². The van der Waals surface area contributed by atoms with Crippen molar-refractivity contribution in [3.63, 3.8) is 0 Å². The molecule has 0 amide bonds. The molecule has 2 unspecified atom stereocenters. The molecule has 4 aliphatic carbocycles. The maximum absolute atomic E-state index is 12.0. The third kappa shape index (κ3) is 2.88. The van der Waals surface area contributed by atoms with Crippen LogP contribution in [0.3, 0.4) is 0 Å². The summed E-state index contributed by atoms with van der Waals surface area (Å²) >= 11 is 0. The summed E-state index contributed by atoms with van der Waals surface area (Å²) in [6.45, 7) is 6.17. The van der Waals surface area contributed by atoms with Gasteiger partial charge in [-0.25, -0.2) is 4.79 Å². The van der Waals surface area contributed by atoms with Gasteiger partial charge in [-0.2, -0.15) is 0 Å². The average molecular weight is 294 g/mol. The van der Waals surface area contributed by atoms with Crippen LogP contribution in [0.25, 0.3) is 0 Å². The first-order valence-corrected chi connectivity index (χ1v) is 8.10. The topological polar surface area (TPSA) is 55.8 Å². The van der Waals surface area contributed by atoms with Crippen molar-refractivity contribution in [2.75, 3.05) is 13.2 Å². The molecular formula is C17H26O4. The molecule has 4 rings (SSSR count). The van der Waals surface area contributed by atoms with Crippen LogP contribution in [-0.4, -0.2) is 35.5 Å². The van der Waals surface area contributed by atoms with Gasteiger partial charge in [0.2, 0.25) is 0 Å². The Balaban J connectivity index is 1.74. The fourth-order valence-electron chi connectivity index (χ4n) is 5.02. The zero-order valence-corrected chi connectivity index (χ0v) is 12.9. The molecule has 0 spiro atoms. The van der Waals surface area contributed by atoms with Crippen molar-refractivity contribution in [2.45, 2.75) is 63.1 Å². The molecule has 0 aliphatic heterocycles. The number of hydrogen-bond acceptors (Lipinski definition) is 4. The van der Waals surface area contributed by atoms with Gasteiger partial charge in [-0.05, 0) is 57.3 Å². The highest BCUT2D eigenvalue weighted by atomic mass is 16.6. The molecule has 4 saturated carbocycles. The Morgan fingerprint density at radius 3 is 2.43 bits per heavy atom. The average Bonchev–Trinajstić information content (AvgIpc) is 2.36. The van der Waals surface area contributed by atoms with Gasteiger partial charge in [-0.1, -0.05) is 6.58 Å². The summed E-state index contributed by atoms with van der Waals surface area (Å²) in [7, 11) is 0. The lowest BCUT2D eigenvalue weighted by atomic mass is 9.52. The molecule has 4 heteroatoms. The molecule has 118 valence electrons. The Morgan fingerprint density at radius 2 is 1.86 bits per heavy atom. The zero-order chi connectivity index (χ0) is 15.1. The van der Waals surface area contributed by atoms with Gasteiger partial charge in [0.05, 0.1) is 5.60 Å². The van der Waals surface area contributed by atoms with Gasteiger partial charge in [-0.3, -0.25) is 0 Å². The second-order valence-electron chi connectivity index (χ2n) is 7.42. The number of carbonyl (C=O) groups is 1. The summed E-state index contributed by atoms with van der Waals surface area (Å²) in [6.07, 6.45) is 6.87. The molecule has 0 saturated heterocycles. The smallest absolute Gasteiger partial charge is 0.333 e. The first-order chi connectivity index (χ1) is 9.96. The monoisotopic (exact) mass is 294 g/mol. The minimum Gasteiger partial charge on any atom is -0.456 e. The van der Waals surface area contributed by atoms with Crippen molar-refractivity contribution in [2.24, 2.45) is 11.8 Å². The number of carbonyl (C=O) groups excluding carboxylic acids is 1. The van der Waals surface area contributed by atoms with Crippen LogP contribution >= 0.6 is 0 Å². The molecule has 4 bridgehead atoms. The lowest BCUT2D eigenvalue weighted by Crippen LogP contribution is -2.61. The van der Waals surface area contributed by atoms with Crippen LogP contribution in [0.4, 0.5) is 0 Å². The molecule has 2 atom stereocenters. The van der Waals surface area contributed by atoms with Crippen molar-refractivity contribution in [1.82, 2.24) is 0 Å². The highest BCUT2D eigenvalue weighted by Crippen LogP contribution is 2.60. The SMILES string of the molecule is C=C(C)C(=O)OC12CC3CC(CC(OCCCO)(C3)C1)C2. The van der Waals surface area contributed by atoms with Crippen molar-refractivity contribution in [3.05, 3.63) is 12.2 Å². The van der Waals surface area contributed by atoms with Gasteiger partial charge in [0.1, 0.15) is 5.60 Å². The number of aliphatic hydroxyl groups excluding tert-OH is 1. The number of aliphatic hydroxyl groups is 1. The van der Waals surface area contributed by atoms with Gasteiger partial charge in [0, 0.05) is 25.2 Å². The molecular weight excluding hydrogens is 268 g/mol. The Labute approximate surface area is 126 Å². The number of ether oxygens (including phenoxy) is 2. The largest absolute Gasteiger partial charge is 0.456 e. The van der Waals surface area contributed by atoms with E-state index in [2.05, 4.69) is 6.58 Å². The van der Waals surface area contributed by atoms with Crippen molar-refractivity contribution in [3.8, 4) is 0 Å². The van der Waals surface area contributed by atoms with Crippen LogP contribution in [-0.2, 0) is 14.3 Å². The standard InChI is InChI=1S/C17H26O4/c1-12(2)15(19)21-17-9-13-6-14(10-17)8-16(7-13,11-17)20-5-3-4-18/h13-14,18H,1,3-11H2,2H3. The molecule has 0 radical (unpaired) electrons. The molecule has 4 aliphatic rings. The third-order valence-electron chi connectivity index (χ3n) is 5.32. The van der Waals surface area contributed by atoms with Crippen LogP contribution < -0.4 is 0 Å². The van der Waals surface area contributed by atoms with Crippen molar-refractivity contribution < 1.29 is 19.4 Å². The van der Waals surface area contributed by atoms with Gasteiger partial charge in [-0.15, -0.1) is 0 Å². The Morgan fingerprint density at radius 1 is 1.24 bits per heavy atom. The zero-order valence-electron chi connectivity index (χ0n) is 12.9. The van der Waals surface area contributed by atoms with Crippen LogP contribution in [0, 0.1) is 11.8 Å². The van der Waals surface area contributed by atoms with Crippen LogP contribution in [0.5, 0.6) is 0 Å². The molecule has 0 heterocycles. The van der Waals surface area contributed by atoms with E-state index >= 15 is 0 Å². The van der Waals surface area contributed by atoms with E-state index in [9.17, 15) is 4.79 Å². The van der Waals surface area contributed by atoms with E-state index in [1.165, 1.54) is 6.42 Å². The number of rotatable bonds is 6. The van der Waals surface area contributed by atoms with E-state index in [1.807, 2.05) is 0 Å². The van der Waals surface area contributed by atoms with Gasteiger partial charge in [0.15, 0.2) is 0 Å². The first kappa shape index (κ1) is 15.0. The quantitative estimate of drug-likeness (QED) is 0.465. The second kappa shape index (κ2) is 5.40. The highest BCUT2D eigenvalue weighted by Gasteiger charge is 2.60. The summed E-state index contributed by atoms with van der Waals surface area (Å²) < 4.78 is 12.1. The molecule has 0 aromatic heterocycles. The van der Waals surface area contributed by atoms with E-state index in [0.717, 1.165) is 32.1 Å². The fraction of sp³-hybridized carbons (Fsp3) is 0.824. The Hall–Kier alpha value is -0.870. The molecule has 21 heavy (non-hydrogen) atoms. The summed E-state index contributed by atoms with van der Waals surface area (Å²) in [5.74, 6) is 0.957. The summed E-state index contributed by atoms with van der Waals surface area (Å²) in [6, 6.07) is 0. The van der Waals surface area contributed by atoms with E-state index in [1.54, 1.807) is 6.92 Å². The number of esters is 1. The molecule has 4 fully saturated rings. The maximum atomic E-state index is 12.0. The summed E-state index contributed by atoms with van der Waals surface area (Å²) in [5, 5.41) is 8.95. The lowest BCUT2D eigenvalue weighted by Gasteiger charge is -2.60. The van der Waals surface area contributed by atoms with E-state index in [0.29, 0.717) is 30.4 Å². The predicted octanol–water partition coefficient (Wildman–Crippen LogP) is 2.60. The predicted molar refractivity (Wildman–Crippen MR) is 78.7 cm³/mol. The Bertz CT molecular complexity index is 428. The number of hydrogen-bond donors (Lipinski definition) is 1. The van der Waals surface area contributed by atoms with Crippen LogP contribution in [0.15, 0.2) is 12.2 Å². The maximum Gasteiger partial charge on any atom is 0.333 e. The minimum absolute atomic E-state index is 0.130. The molecule has 4 nitrogen and oxygen atoms in total. The van der Waals surface area contributed by atoms with Crippen LogP contribution in [0.1, 0.15) is 51.9 Å². The first-order valence-electron chi connectivity index (χ1n) is 8.10. The molecule has 0 aromatic rings. The second-order valence-corrected chi connectivity index (χ2v) is 7.42. The van der Waals surface area contributed by atoms with Crippen molar-refractivity contribution in [1.29, 1.82) is 0 Å². The van der Waals surface area contributed by atoms with E-state index in [-0.39, 0.29) is 23.8 Å². The molecule has 0 aromatic carbocycles. The minimum atomic E-state index is -0.334. The fourth-order valence-corrected chi connectivity index (χ4v) is 5.02. The van der Waals surface area contributed by atoms with Crippen LogP contribution in [0.2, 0.25) is 0 Å². The highest BCUT2D eigenvalue weighted by molar-refractivity contribution is 5.87. The summed E-state index contributed by atoms with van der Waals surface area (Å²) in [4.78, 5) is 12.0. The van der Waals surface area contributed by atoms with E-state index < -0.39 is 0 Å². The normalized spacial score (nSPS) is 40.3. The Kier molecular flexibility index (Phi) is 3.87. The summed E-state index contributed by atoms with van der Waals surface area (Å²) in [5.41, 5.74) is 0.00880.